The highest BCUT2D eigenvalue weighted by Crippen LogP contribution is 2.25. The molecule has 1 aromatic rings. The van der Waals surface area contributed by atoms with Gasteiger partial charge in [0.05, 0.1) is 6.61 Å². The van der Waals surface area contributed by atoms with Gasteiger partial charge in [0.25, 0.3) is 0 Å². The number of hydrogen-bond donors (Lipinski definition) is 2. The summed E-state index contributed by atoms with van der Waals surface area (Å²) in [6.07, 6.45) is 4.01. The lowest BCUT2D eigenvalue weighted by Gasteiger charge is -2.12. The quantitative estimate of drug-likeness (QED) is 0.873. The van der Waals surface area contributed by atoms with Crippen LogP contribution in [0.25, 0.3) is 0 Å². The zero-order valence-corrected chi connectivity index (χ0v) is 11.7. The molecule has 0 aromatic heterocycles. The van der Waals surface area contributed by atoms with Crippen LogP contribution < -0.4 is 4.72 Å². The minimum absolute atomic E-state index is 0.0186. The second-order valence-corrected chi connectivity index (χ2v) is 6.79. The second-order valence-electron chi connectivity index (χ2n) is 5.05. The summed E-state index contributed by atoms with van der Waals surface area (Å²) in [5.41, 5.74) is 0.0186. The molecule has 0 spiro atoms. The highest BCUT2D eigenvalue weighted by molar-refractivity contribution is 7.89. The Morgan fingerprint density at radius 2 is 1.90 bits per heavy atom. The van der Waals surface area contributed by atoms with Crippen LogP contribution in [0, 0.1) is 17.6 Å². The van der Waals surface area contributed by atoms with Crippen LogP contribution in [0.15, 0.2) is 17.0 Å². The number of aliphatic hydroxyl groups excluding tert-OH is 1. The zero-order chi connectivity index (χ0) is 14.8. The highest BCUT2D eigenvalue weighted by Gasteiger charge is 2.24. The molecule has 0 amide bonds. The van der Waals surface area contributed by atoms with Crippen molar-refractivity contribution in [2.75, 3.05) is 6.54 Å². The van der Waals surface area contributed by atoms with Crippen molar-refractivity contribution in [2.45, 2.75) is 37.2 Å². The average Bonchev–Trinajstić information content (AvgIpc) is 2.92. The lowest BCUT2D eigenvalue weighted by molar-refractivity contribution is 0.280. The Balaban J connectivity index is 2.21. The van der Waals surface area contributed by atoms with Gasteiger partial charge in [0, 0.05) is 6.54 Å². The lowest BCUT2D eigenvalue weighted by Crippen LogP contribution is -2.29. The fraction of sp³-hybridized carbons (Fsp3) is 0.538. The molecule has 0 unspecified atom stereocenters. The van der Waals surface area contributed by atoms with E-state index in [1.54, 1.807) is 0 Å². The number of benzene rings is 1. The standard InChI is InChI=1S/C13H17F2NO3S/c14-11-5-10(8-17)6-12(13(11)15)20(18,19)16-7-9-3-1-2-4-9/h5-6,9,16-17H,1-4,7-8H2. The molecule has 0 aliphatic heterocycles. The number of aliphatic hydroxyl groups is 1. The average molecular weight is 305 g/mol. The summed E-state index contributed by atoms with van der Waals surface area (Å²) in [6, 6.07) is 1.74. The van der Waals surface area contributed by atoms with Gasteiger partial charge in [-0.25, -0.2) is 21.9 Å². The van der Waals surface area contributed by atoms with Gasteiger partial charge in [-0.2, -0.15) is 0 Å². The lowest BCUT2D eigenvalue weighted by atomic mass is 10.1. The molecule has 4 nitrogen and oxygen atoms in total. The molecule has 0 atom stereocenters. The van der Waals surface area contributed by atoms with Crippen LogP contribution in [0.3, 0.4) is 0 Å². The Hall–Kier alpha value is -1.05. The van der Waals surface area contributed by atoms with Crippen molar-refractivity contribution in [1.29, 1.82) is 0 Å². The van der Waals surface area contributed by atoms with E-state index in [0.29, 0.717) is 0 Å². The maximum Gasteiger partial charge on any atom is 0.243 e. The van der Waals surface area contributed by atoms with E-state index in [9.17, 15) is 17.2 Å². The van der Waals surface area contributed by atoms with Gasteiger partial charge in [-0.15, -0.1) is 0 Å². The topological polar surface area (TPSA) is 66.4 Å². The Labute approximate surface area is 116 Å². The first-order chi connectivity index (χ1) is 9.44. The smallest absolute Gasteiger partial charge is 0.243 e. The molecule has 1 saturated carbocycles. The molecule has 1 aliphatic rings. The van der Waals surface area contributed by atoms with Crippen molar-refractivity contribution >= 4 is 10.0 Å². The van der Waals surface area contributed by atoms with Crippen LogP contribution >= 0.6 is 0 Å². The first-order valence-electron chi connectivity index (χ1n) is 6.52. The monoisotopic (exact) mass is 305 g/mol. The summed E-state index contributed by atoms with van der Waals surface area (Å²) in [7, 11) is -4.11. The third kappa shape index (κ3) is 3.34. The number of nitrogens with one attached hydrogen (secondary N) is 1. The second kappa shape index (κ2) is 6.15. The van der Waals surface area contributed by atoms with E-state index in [2.05, 4.69) is 4.72 Å². The SMILES string of the molecule is O=S(=O)(NCC1CCCC1)c1cc(CO)cc(F)c1F. The van der Waals surface area contributed by atoms with Crippen molar-refractivity contribution in [3.05, 3.63) is 29.3 Å². The van der Waals surface area contributed by atoms with E-state index in [0.717, 1.165) is 37.8 Å². The van der Waals surface area contributed by atoms with Crippen LogP contribution in [-0.4, -0.2) is 20.1 Å². The van der Waals surface area contributed by atoms with Gasteiger partial charge in [-0.05, 0) is 36.5 Å². The van der Waals surface area contributed by atoms with E-state index >= 15 is 0 Å². The van der Waals surface area contributed by atoms with Gasteiger partial charge in [-0.1, -0.05) is 12.8 Å². The Morgan fingerprint density at radius 1 is 1.25 bits per heavy atom. The third-order valence-corrected chi connectivity index (χ3v) is 4.99. The molecule has 7 heteroatoms. The fourth-order valence-electron chi connectivity index (χ4n) is 2.42. The van der Waals surface area contributed by atoms with Crippen LogP contribution in [0.1, 0.15) is 31.2 Å². The maximum absolute atomic E-state index is 13.6. The number of hydrogen-bond acceptors (Lipinski definition) is 3. The van der Waals surface area contributed by atoms with E-state index in [1.807, 2.05) is 0 Å². The molecule has 0 radical (unpaired) electrons. The third-order valence-electron chi connectivity index (χ3n) is 3.56. The van der Waals surface area contributed by atoms with Gasteiger partial charge < -0.3 is 5.11 Å². The Bertz CT molecular complexity index is 584. The van der Waals surface area contributed by atoms with Gasteiger partial charge in [-0.3, -0.25) is 0 Å². The normalized spacial score (nSPS) is 16.8. The van der Waals surface area contributed by atoms with Gasteiger partial charge in [0.15, 0.2) is 11.6 Å². The molecule has 0 heterocycles. The predicted molar refractivity (Wildman–Crippen MR) is 69.4 cm³/mol. The van der Waals surface area contributed by atoms with E-state index in [1.165, 1.54) is 0 Å². The summed E-state index contributed by atoms with van der Waals surface area (Å²) in [5.74, 6) is -2.45. The molecule has 1 aromatic carbocycles. The number of sulfonamides is 1. The summed E-state index contributed by atoms with van der Waals surface area (Å²) in [5, 5.41) is 8.94. The first kappa shape index (κ1) is 15.3. The molecular weight excluding hydrogens is 288 g/mol. The predicted octanol–water partition coefficient (Wildman–Crippen LogP) is 1.93. The summed E-state index contributed by atoms with van der Waals surface area (Å²) in [6.45, 7) is -0.324. The number of rotatable bonds is 5. The highest BCUT2D eigenvalue weighted by atomic mass is 32.2. The molecule has 0 bridgehead atoms. The molecule has 1 fully saturated rings. The van der Waals surface area contributed by atoms with Crippen molar-refractivity contribution in [3.8, 4) is 0 Å². The largest absolute Gasteiger partial charge is 0.392 e. The Kier molecular flexibility index (Phi) is 4.72. The molecule has 112 valence electrons. The minimum atomic E-state index is -4.11. The van der Waals surface area contributed by atoms with Gasteiger partial charge in [0.1, 0.15) is 4.90 Å². The molecule has 0 saturated heterocycles. The fourth-order valence-corrected chi connectivity index (χ4v) is 3.67. The maximum atomic E-state index is 13.6. The molecular formula is C13H17F2NO3S. The zero-order valence-electron chi connectivity index (χ0n) is 10.9. The van der Waals surface area contributed by atoms with Crippen molar-refractivity contribution < 1.29 is 22.3 Å². The molecule has 1 aliphatic carbocycles. The molecule has 2 N–H and O–H groups in total. The van der Waals surface area contributed by atoms with Crippen LogP contribution in [-0.2, 0) is 16.6 Å². The van der Waals surface area contributed by atoms with Crippen molar-refractivity contribution in [1.82, 2.24) is 4.72 Å². The summed E-state index contributed by atoms with van der Waals surface area (Å²) >= 11 is 0. The Morgan fingerprint density at radius 3 is 2.50 bits per heavy atom. The number of halogens is 2. The summed E-state index contributed by atoms with van der Waals surface area (Å²) in [4.78, 5) is -0.750. The van der Waals surface area contributed by atoms with Crippen LogP contribution in [0.4, 0.5) is 8.78 Å². The van der Waals surface area contributed by atoms with E-state index in [4.69, 9.17) is 5.11 Å². The molecule has 2 rings (SSSR count). The van der Waals surface area contributed by atoms with E-state index < -0.39 is 33.2 Å². The van der Waals surface area contributed by atoms with Crippen LogP contribution in [0.5, 0.6) is 0 Å². The first-order valence-corrected chi connectivity index (χ1v) is 8.01. The van der Waals surface area contributed by atoms with E-state index in [-0.39, 0.29) is 18.0 Å². The van der Waals surface area contributed by atoms with Gasteiger partial charge in [0.2, 0.25) is 10.0 Å². The molecule has 20 heavy (non-hydrogen) atoms. The van der Waals surface area contributed by atoms with Crippen molar-refractivity contribution in [2.24, 2.45) is 5.92 Å². The minimum Gasteiger partial charge on any atom is -0.392 e. The van der Waals surface area contributed by atoms with Gasteiger partial charge >= 0.3 is 0 Å². The van der Waals surface area contributed by atoms with Crippen LogP contribution in [0.2, 0.25) is 0 Å². The summed E-state index contributed by atoms with van der Waals surface area (Å²) < 4.78 is 53.3. The van der Waals surface area contributed by atoms with Crippen molar-refractivity contribution in [3.63, 3.8) is 0 Å².